The molecule has 0 bridgehead atoms. The molecular weight excluding hydrogens is 278 g/mol. The van der Waals surface area contributed by atoms with E-state index in [9.17, 15) is 9.90 Å². The maximum Gasteiger partial charge on any atom is 0.343 e. The highest BCUT2D eigenvalue weighted by Crippen LogP contribution is 2.41. The minimum Gasteiger partial charge on any atom is -0.463 e. The third kappa shape index (κ3) is 3.03. The van der Waals surface area contributed by atoms with E-state index in [1.54, 1.807) is 0 Å². The molecule has 1 aliphatic carbocycles. The first kappa shape index (κ1) is 15.5. The van der Waals surface area contributed by atoms with Crippen LogP contribution in [-0.4, -0.2) is 30.8 Å². The van der Waals surface area contributed by atoms with Crippen molar-refractivity contribution in [2.75, 3.05) is 19.7 Å². The van der Waals surface area contributed by atoms with E-state index in [0.29, 0.717) is 18.1 Å². The molecule has 4 heteroatoms. The number of rotatable bonds is 5. The van der Waals surface area contributed by atoms with Gasteiger partial charge in [0.15, 0.2) is 5.60 Å². The number of hydrogen-bond donors (Lipinski definition) is 2. The summed E-state index contributed by atoms with van der Waals surface area (Å²) in [5.74, 6) is -0.144. The average Bonchev–Trinajstić information content (AvgIpc) is 3.26. The van der Waals surface area contributed by atoms with Crippen molar-refractivity contribution in [2.45, 2.75) is 37.7 Å². The van der Waals surface area contributed by atoms with Gasteiger partial charge in [0.25, 0.3) is 0 Å². The number of nitrogens with one attached hydrogen (secondary N) is 1. The van der Waals surface area contributed by atoms with Crippen LogP contribution >= 0.6 is 0 Å². The van der Waals surface area contributed by atoms with E-state index in [1.807, 2.05) is 30.3 Å². The maximum atomic E-state index is 12.7. The van der Waals surface area contributed by atoms with Crippen LogP contribution in [0.1, 0.15) is 37.7 Å². The Balaban J connectivity index is 1.76. The van der Waals surface area contributed by atoms with Gasteiger partial charge in [0.2, 0.25) is 0 Å². The molecule has 2 atom stereocenters. The van der Waals surface area contributed by atoms with Crippen molar-refractivity contribution in [3.05, 3.63) is 35.9 Å². The van der Waals surface area contributed by atoms with Gasteiger partial charge in [-0.05, 0) is 31.4 Å². The topological polar surface area (TPSA) is 58.6 Å². The largest absolute Gasteiger partial charge is 0.463 e. The van der Waals surface area contributed by atoms with Crippen LogP contribution < -0.4 is 5.32 Å². The SMILES string of the molecule is O=C(OCC1CCNC1)C(O)(c1ccccc1)C1CCCC1. The van der Waals surface area contributed by atoms with Crippen molar-refractivity contribution >= 4 is 5.97 Å². The van der Waals surface area contributed by atoms with Crippen molar-refractivity contribution in [3.8, 4) is 0 Å². The molecule has 2 fully saturated rings. The molecule has 2 aliphatic rings. The summed E-state index contributed by atoms with van der Waals surface area (Å²) in [7, 11) is 0. The lowest BCUT2D eigenvalue weighted by atomic mass is 9.80. The van der Waals surface area contributed by atoms with E-state index in [4.69, 9.17) is 4.74 Å². The first-order valence-corrected chi connectivity index (χ1v) is 8.37. The Bertz CT molecular complexity index is 492. The van der Waals surface area contributed by atoms with Crippen LogP contribution in [0.25, 0.3) is 0 Å². The molecule has 0 amide bonds. The normalized spacial score (nSPS) is 25.0. The Morgan fingerprint density at radius 3 is 2.59 bits per heavy atom. The Hall–Kier alpha value is -1.39. The van der Waals surface area contributed by atoms with Gasteiger partial charge in [-0.1, -0.05) is 43.2 Å². The Morgan fingerprint density at radius 2 is 1.95 bits per heavy atom. The van der Waals surface area contributed by atoms with Gasteiger partial charge in [0.05, 0.1) is 6.61 Å². The molecule has 1 aromatic carbocycles. The van der Waals surface area contributed by atoms with E-state index < -0.39 is 11.6 Å². The van der Waals surface area contributed by atoms with Gasteiger partial charge in [-0.3, -0.25) is 0 Å². The summed E-state index contributed by atoms with van der Waals surface area (Å²) in [5, 5.41) is 14.5. The number of carbonyl (C=O) groups is 1. The molecule has 0 spiro atoms. The second kappa shape index (κ2) is 6.80. The van der Waals surface area contributed by atoms with Crippen LogP contribution in [0, 0.1) is 11.8 Å². The van der Waals surface area contributed by atoms with Gasteiger partial charge < -0.3 is 15.2 Å². The van der Waals surface area contributed by atoms with E-state index in [2.05, 4.69) is 5.32 Å². The van der Waals surface area contributed by atoms with Crippen LogP contribution in [0.15, 0.2) is 30.3 Å². The lowest BCUT2D eigenvalue weighted by molar-refractivity contribution is -0.175. The summed E-state index contributed by atoms with van der Waals surface area (Å²) in [6.07, 6.45) is 4.93. The van der Waals surface area contributed by atoms with E-state index >= 15 is 0 Å². The van der Waals surface area contributed by atoms with E-state index in [0.717, 1.165) is 45.2 Å². The molecule has 22 heavy (non-hydrogen) atoms. The monoisotopic (exact) mass is 303 g/mol. The van der Waals surface area contributed by atoms with E-state index in [1.165, 1.54) is 0 Å². The average molecular weight is 303 g/mol. The van der Waals surface area contributed by atoms with Crippen LogP contribution in [0.3, 0.4) is 0 Å². The van der Waals surface area contributed by atoms with Crippen molar-refractivity contribution in [1.82, 2.24) is 5.32 Å². The molecule has 3 rings (SSSR count). The molecule has 0 aromatic heterocycles. The molecule has 1 saturated heterocycles. The first-order valence-electron chi connectivity index (χ1n) is 8.37. The number of hydrogen-bond acceptors (Lipinski definition) is 4. The zero-order chi connectivity index (χ0) is 15.4. The third-order valence-electron chi connectivity index (χ3n) is 5.08. The Morgan fingerprint density at radius 1 is 1.23 bits per heavy atom. The molecule has 1 heterocycles. The van der Waals surface area contributed by atoms with Gasteiger partial charge in [-0.15, -0.1) is 0 Å². The summed E-state index contributed by atoms with van der Waals surface area (Å²) in [4.78, 5) is 12.7. The van der Waals surface area contributed by atoms with Crippen molar-refractivity contribution < 1.29 is 14.6 Å². The molecule has 1 saturated carbocycles. The number of benzene rings is 1. The van der Waals surface area contributed by atoms with Crippen molar-refractivity contribution in [2.24, 2.45) is 11.8 Å². The predicted octanol–water partition coefficient (Wildman–Crippen LogP) is 2.22. The molecule has 120 valence electrons. The van der Waals surface area contributed by atoms with E-state index in [-0.39, 0.29) is 5.92 Å². The molecule has 0 radical (unpaired) electrons. The first-order chi connectivity index (χ1) is 10.7. The van der Waals surface area contributed by atoms with Crippen molar-refractivity contribution in [1.29, 1.82) is 0 Å². The van der Waals surface area contributed by atoms with Crippen LogP contribution in [0.2, 0.25) is 0 Å². The predicted molar refractivity (Wildman–Crippen MR) is 84.2 cm³/mol. The number of carbonyl (C=O) groups excluding carboxylic acids is 1. The quantitative estimate of drug-likeness (QED) is 0.819. The zero-order valence-corrected chi connectivity index (χ0v) is 13.0. The fourth-order valence-electron chi connectivity index (χ4n) is 3.72. The van der Waals surface area contributed by atoms with Gasteiger partial charge in [0.1, 0.15) is 0 Å². The lowest BCUT2D eigenvalue weighted by Crippen LogP contribution is -2.44. The molecule has 1 aliphatic heterocycles. The van der Waals surface area contributed by atoms with Gasteiger partial charge >= 0.3 is 5.97 Å². The second-order valence-electron chi connectivity index (χ2n) is 6.57. The summed E-state index contributed by atoms with van der Waals surface area (Å²) >= 11 is 0. The smallest absolute Gasteiger partial charge is 0.343 e. The molecule has 4 nitrogen and oxygen atoms in total. The van der Waals surface area contributed by atoms with Crippen molar-refractivity contribution in [3.63, 3.8) is 0 Å². The Labute approximate surface area is 131 Å². The molecule has 2 unspecified atom stereocenters. The fraction of sp³-hybridized carbons (Fsp3) is 0.611. The number of ether oxygens (including phenoxy) is 1. The van der Waals surface area contributed by atoms with Crippen LogP contribution in [0.5, 0.6) is 0 Å². The third-order valence-corrected chi connectivity index (χ3v) is 5.08. The van der Waals surface area contributed by atoms with Gasteiger partial charge in [-0.25, -0.2) is 4.79 Å². The maximum absolute atomic E-state index is 12.7. The minimum atomic E-state index is -1.50. The fourth-order valence-corrected chi connectivity index (χ4v) is 3.72. The van der Waals surface area contributed by atoms with Crippen LogP contribution in [-0.2, 0) is 15.1 Å². The highest BCUT2D eigenvalue weighted by atomic mass is 16.5. The second-order valence-corrected chi connectivity index (χ2v) is 6.57. The molecule has 1 aromatic rings. The summed E-state index contributed by atoms with van der Waals surface area (Å²) in [6, 6.07) is 9.29. The number of esters is 1. The highest BCUT2D eigenvalue weighted by molar-refractivity contribution is 5.81. The summed E-state index contributed by atoms with van der Waals surface area (Å²) in [5.41, 5.74) is -0.833. The Kier molecular flexibility index (Phi) is 4.79. The zero-order valence-electron chi connectivity index (χ0n) is 13.0. The highest BCUT2D eigenvalue weighted by Gasteiger charge is 2.47. The van der Waals surface area contributed by atoms with Gasteiger partial charge in [-0.2, -0.15) is 0 Å². The summed E-state index contributed by atoms with van der Waals surface area (Å²) in [6.45, 7) is 2.27. The standard InChI is InChI=1S/C18H25NO3/c20-17(22-13-14-10-11-19-12-14)18(21,16-8-4-5-9-16)15-6-2-1-3-7-15/h1-3,6-7,14,16,19,21H,4-5,8-13H2. The lowest BCUT2D eigenvalue weighted by Gasteiger charge is -2.32. The molecular formula is C18H25NO3. The number of aliphatic hydroxyl groups is 1. The van der Waals surface area contributed by atoms with Gasteiger partial charge in [0, 0.05) is 18.4 Å². The summed E-state index contributed by atoms with van der Waals surface area (Å²) < 4.78 is 5.53. The van der Waals surface area contributed by atoms with Crippen LogP contribution in [0.4, 0.5) is 0 Å². The molecule has 2 N–H and O–H groups in total. The minimum absolute atomic E-state index is 0.0379.